The van der Waals surface area contributed by atoms with Crippen LogP contribution >= 0.6 is 0 Å². The molecular formula is C15H24N4O. The van der Waals surface area contributed by atoms with Crippen LogP contribution < -0.4 is 4.90 Å². The van der Waals surface area contributed by atoms with Crippen LogP contribution in [0.3, 0.4) is 0 Å². The van der Waals surface area contributed by atoms with Gasteiger partial charge in [0.1, 0.15) is 12.1 Å². The van der Waals surface area contributed by atoms with Crippen LogP contribution in [0.2, 0.25) is 0 Å². The van der Waals surface area contributed by atoms with E-state index in [1.807, 2.05) is 0 Å². The maximum absolute atomic E-state index is 6.00. The summed E-state index contributed by atoms with van der Waals surface area (Å²) in [6.45, 7) is 10.2. The summed E-state index contributed by atoms with van der Waals surface area (Å²) in [5, 5.41) is 0. The van der Waals surface area contributed by atoms with E-state index in [0.717, 1.165) is 38.4 Å². The molecule has 1 fully saturated rings. The van der Waals surface area contributed by atoms with Crippen molar-refractivity contribution in [2.75, 3.05) is 31.6 Å². The average molecular weight is 276 g/mol. The summed E-state index contributed by atoms with van der Waals surface area (Å²) in [5.41, 5.74) is 2.38. The summed E-state index contributed by atoms with van der Waals surface area (Å²) in [6.07, 6.45) is 2.96. The zero-order valence-corrected chi connectivity index (χ0v) is 12.9. The first-order chi connectivity index (χ1) is 9.44. The number of aromatic nitrogens is 2. The lowest BCUT2D eigenvalue weighted by Crippen LogP contribution is -2.52. The smallest absolute Gasteiger partial charge is 0.136 e. The Morgan fingerprint density at radius 3 is 2.90 bits per heavy atom. The average Bonchev–Trinajstić information content (AvgIpc) is 2.35. The van der Waals surface area contributed by atoms with Gasteiger partial charge < -0.3 is 14.5 Å². The number of rotatable bonds is 1. The van der Waals surface area contributed by atoms with Gasteiger partial charge in [0.05, 0.1) is 17.4 Å². The monoisotopic (exact) mass is 276 g/mol. The Labute approximate surface area is 121 Å². The molecule has 0 aromatic carbocycles. The van der Waals surface area contributed by atoms with Crippen molar-refractivity contribution in [1.29, 1.82) is 0 Å². The second-order valence-electron chi connectivity index (χ2n) is 6.68. The summed E-state index contributed by atoms with van der Waals surface area (Å²) >= 11 is 0. The number of hydrogen-bond donors (Lipinski definition) is 0. The van der Waals surface area contributed by atoms with Crippen LogP contribution in [-0.4, -0.2) is 53.3 Å². The molecule has 0 radical (unpaired) electrons. The van der Waals surface area contributed by atoms with Gasteiger partial charge in [0, 0.05) is 38.2 Å². The summed E-state index contributed by atoms with van der Waals surface area (Å²) in [5.74, 6) is 1.10. The first-order valence-electron chi connectivity index (χ1n) is 7.39. The Hall–Kier alpha value is -1.20. The second kappa shape index (κ2) is 4.97. The van der Waals surface area contributed by atoms with Gasteiger partial charge in [-0.3, -0.25) is 0 Å². The molecule has 0 amide bonds. The molecule has 1 aromatic heterocycles. The summed E-state index contributed by atoms with van der Waals surface area (Å²) < 4.78 is 6.00. The fourth-order valence-electron chi connectivity index (χ4n) is 3.35. The molecule has 0 N–H and O–H groups in total. The van der Waals surface area contributed by atoms with E-state index < -0.39 is 0 Å². The lowest BCUT2D eigenvalue weighted by molar-refractivity contribution is -0.0752. The van der Waals surface area contributed by atoms with Crippen molar-refractivity contribution < 1.29 is 4.74 Å². The van der Waals surface area contributed by atoms with E-state index in [1.54, 1.807) is 6.33 Å². The van der Waals surface area contributed by atoms with Gasteiger partial charge in [0.2, 0.25) is 0 Å². The third-order valence-corrected chi connectivity index (χ3v) is 4.04. The van der Waals surface area contributed by atoms with Gasteiger partial charge in [-0.05, 0) is 27.8 Å². The molecule has 5 heteroatoms. The van der Waals surface area contributed by atoms with E-state index >= 15 is 0 Å². The second-order valence-corrected chi connectivity index (χ2v) is 6.68. The Morgan fingerprint density at radius 1 is 1.35 bits per heavy atom. The molecule has 0 saturated carbocycles. The highest BCUT2D eigenvalue weighted by atomic mass is 16.5. The van der Waals surface area contributed by atoms with Crippen molar-refractivity contribution >= 4 is 5.82 Å². The number of anilines is 1. The molecule has 2 aliphatic rings. The predicted octanol–water partition coefficient (Wildman–Crippen LogP) is 1.47. The molecule has 3 heterocycles. The van der Waals surface area contributed by atoms with Gasteiger partial charge >= 0.3 is 0 Å². The highest BCUT2D eigenvalue weighted by Gasteiger charge is 2.33. The summed E-state index contributed by atoms with van der Waals surface area (Å²) in [7, 11) is 2.16. The quantitative estimate of drug-likeness (QED) is 0.777. The van der Waals surface area contributed by atoms with Crippen LogP contribution in [0.25, 0.3) is 0 Å². The minimum absolute atomic E-state index is 0.129. The van der Waals surface area contributed by atoms with Crippen LogP contribution in [0.1, 0.15) is 32.0 Å². The minimum Gasteiger partial charge on any atom is -0.369 e. The number of morpholine rings is 1. The van der Waals surface area contributed by atoms with E-state index in [2.05, 4.69) is 47.6 Å². The lowest BCUT2D eigenvalue weighted by Gasteiger charge is -2.43. The van der Waals surface area contributed by atoms with Crippen LogP contribution in [-0.2, 0) is 17.7 Å². The fraction of sp³-hybridized carbons (Fsp3) is 0.733. The number of fused-ring (bicyclic) bond motifs is 1. The van der Waals surface area contributed by atoms with Gasteiger partial charge in [-0.1, -0.05) is 0 Å². The largest absolute Gasteiger partial charge is 0.369 e. The predicted molar refractivity (Wildman–Crippen MR) is 78.9 cm³/mol. The maximum atomic E-state index is 6.00. The van der Waals surface area contributed by atoms with Gasteiger partial charge in [0.15, 0.2) is 0 Å². The van der Waals surface area contributed by atoms with E-state index in [-0.39, 0.29) is 11.7 Å². The molecule has 110 valence electrons. The molecule has 2 aliphatic heterocycles. The van der Waals surface area contributed by atoms with E-state index in [4.69, 9.17) is 4.74 Å². The fourth-order valence-corrected chi connectivity index (χ4v) is 3.35. The number of ether oxygens (including phenoxy) is 1. The Morgan fingerprint density at radius 2 is 2.15 bits per heavy atom. The molecule has 3 rings (SSSR count). The molecule has 0 bridgehead atoms. The zero-order chi connectivity index (χ0) is 14.3. The molecule has 0 spiro atoms. The highest BCUT2D eigenvalue weighted by Crippen LogP contribution is 2.30. The molecule has 1 saturated heterocycles. The summed E-state index contributed by atoms with van der Waals surface area (Å²) in [6, 6.07) is 0. The van der Waals surface area contributed by atoms with Crippen molar-refractivity contribution in [2.45, 2.75) is 45.4 Å². The van der Waals surface area contributed by atoms with Crippen molar-refractivity contribution in [3.05, 3.63) is 17.6 Å². The molecule has 0 unspecified atom stereocenters. The van der Waals surface area contributed by atoms with Gasteiger partial charge in [-0.25, -0.2) is 9.97 Å². The van der Waals surface area contributed by atoms with Crippen LogP contribution in [0.15, 0.2) is 6.33 Å². The van der Waals surface area contributed by atoms with Crippen molar-refractivity contribution in [3.8, 4) is 0 Å². The number of likely N-dealkylation sites (N-methyl/N-ethyl adjacent to an activating group) is 1. The normalized spacial score (nSPS) is 26.4. The number of hydrogen-bond acceptors (Lipinski definition) is 5. The molecule has 5 nitrogen and oxygen atoms in total. The molecule has 1 atom stereocenters. The highest BCUT2D eigenvalue weighted by molar-refractivity contribution is 5.50. The van der Waals surface area contributed by atoms with Gasteiger partial charge in [-0.15, -0.1) is 0 Å². The lowest BCUT2D eigenvalue weighted by atomic mass is 10.0. The van der Waals surface area contributed by atoms with Gasteiger partial charge in [-0.2, -0.15) is 0 Å². The minimum atomic E-state index is -0.129. The van der Waals surface area contributed by atoms with Crippen molar-refractivity contribution in [3.63, 3.8) is 0 Å². The first kappa shape index (κ1) is 13.8. The Balaban J connectivity index is 1.94. The van der Waals surface area contributed by atoms with Crippen molar-refractivity contribution in [2.24, 2.45) is 0 Å². The Kier molecular flexibility index (Phi) is 3.42. The van der Waals surface area contributed by atoms with Crippen molar-refractivity contribution in [1.82, 2.24) is 14.9 Å². The molecule has 1 aromatic rings. The standard InChI is InChI=1S/C15H24N4O/c1-11-7-19(9-15(2,3)20-11)14-12-8-18(4)6-5-13(12)16-10-17-14/h10-11H,5-9H2,1-4H3/t11-/m1/s1. The number of nitrogens with zero attached hydrogens (tertiary/aromatic N) is 4. The van der Waals surface area contributed by atoms with Crippen LogP contribution in [0.4, 0.5) is 5.82 Å². The zero-order valence-electron chi connectivity index (χ0n) is 12.9. The SMILES string of the molecule is C[C@@H]1CN(c2ncnc3c2CN(C)CC3)CC(C)(C)O1. The van der Waals surface area contributed by atoms with E-state index in [9.17, 15) is 0 Å². The molecule has 20 heavy (non-hydrogen) atoms. The Bertz CT molecular complexity index is 503. The molecule has 0 aliphatic carbocycles. The van der Waals surface area contributed by atoms with E-state index in [0.29, 0.717) is 0 Å². The topological polar surface area (TPSA) is 41.5 Å². The third kappa shape index (κ3) is 2.65. The first-order valence-corrected chi connectivity index (χ1v) is 7.39. The van der Waals surface area contributed by atoms with Gasteiger partial charge in [0.25, 0.3) is 0 Å². The maximum Gasteiger partial charge on any atom is 0.136 e. The van der Waals surface area contributed by atoms with Crippen LogP contribution in [0.5, 0.6) is 0 Å². The third-order valence-electron chi connectivity index (χ3n) is 4.04. The van der Waals surface area contributed by atoms with E-state index in [1.165, 1.54) is 11.3 Å². The van der Waals surface area contributed by atoms with Crippen LogP contribution in [0, 0.1) is 0 Å². The summed E-state index contributed by atoms with van der Waals surface area (Å²) in [4.78, 5) is 13.8. The molecular weight excluding hydrogens is 252 g/mol.